The summed E-state index contributed by atoms with van der Waals surface area (Å²) in [5.74, 6) is 0.0442. The molecule has 1 aliphatic heterocycles. The molecular weight excluding hydrogens is 354 g/mol. The molecule has 1 unspecified atom stereocenters. The highest BCUT2D eigenvalue weighted by molar-refractivity contribution is 6.02. The first-order valence-corrected chi connectivity index (χ1v) is 9.93. The molecule has 1 heterocycles. The summed E-state index contributed by atoms with van der Waals surface area (Å²) in [6.07, 6.45) is 2.64. The van der Waals surface area contributed by atoms with Crippen LogP contribution in [0.4, 0.5) is 5.69 Å². The highest BCUT2D eigenvalue weighted by Crippen LogP contribution is 2.28. The molecule has 0 N–H and O–H groups in total. The number of carbonyl (C=O) groups is 1. The molecule has 0 aromatic heterocycles. The van der Waals surface area contributed by atoms with Gasteiger partial charge in [-0.3, -0.25) is 19.8 Å². The van der Waals surface area contributed by atoms with Gasteiger partial charge in [0.2, 0.25) is 0 Å². The maximum Gasteiger partial charge on any atom is 0.270 e. The Labute approximate surface area is 164 Å². The van der Waals surface area contributed by atoms with Gasteiger partial charge >= 0.3 is 0 Å². The lowest BCUT2D eigenvalue weighted by Gasteiger charge is -2.40. The summed E-state index contributed by atoms with van der Waals surface area (Å²) in [6, 6.07) is 15.1. The average molecular weight is 379 g/mol. The van der Waals surface area contributed by atoms with Crippen LogP contribution in [-0.4, -0.2) is 59.3 Å². The zero-order chi connectivity index (χ0) is 19.5. The summed E-state index contributed by atoms with van der Waals surface area (Å²) in [5, 5.41) is 11.1. The second-order valence-corrected chi connectivity index (χ2v) is 7.63. The molecule has 1 atom stereocenters. The molecular formula is C22H25N3O3. The summed E-state index contributed by atoms with van der Waals surface area (Å²) in [4.78, 5) is 28.4. The maximum absolute atomic E-state index is 13.0. The largest absolute Gasteiger partial charge is 0.300 e. The number of piperazine rings is 1. The van der Waals surface area contributed by atoms with E-state index in [0.29, 0.717) is 5.56 Å². The van der Waals surface area contributed by atoms with E-state index >= 15 is 0 Å². The Morgan fingerprint density at radius 3 is 2.50 bits per heavy atom. The smallest absolute Gasteiger partial charge is 0.270 e. The van der Waals surface area contributed by atoms with Gasteiger partial charge in [-0.1, -0.05) is 36.4 Å². The van der Waals surface area contributed by atoms with E-state index in [1.54, 1.807) is 6.07 Å². The normalized spacial score (nSPS) is 20.7. The zero-order valence-corrected chi connectivity index (χ0v) is 15.9. The molecule has 6 heteroatoms. The Morgan fingerprint density at radius 1 is 1.04 bits per heavy atom. The van der Waals surface area contributed by atoms with Gasteiger partial charge in [-0.2, -0.15) is 0 Å². The summed E-state index contributed by atoms with van der Waals surface area (Å²) in [5.41, 5.74) is 2.83. The Hall–Kier alpha value is -2.57. The third-order valence-electron chi connectivity index (χ3n) is 5.97. The molecule has 1 fully saturated rings. The minimum absolute atomic E-state index is 0.00141. The molecule has 0 radical (unpaired) electrons. The number of aryl methyl sites for hydroxylation is 1. The first-order valence-electron chi connectivity index (χ1n) is 9.93. The first kappa shape index (κ1) is 18.8. The van der Waals surface area contributed by atoms with Crippen molar-refractivity contribution in [3.8, 4) is 0 Å². The van der Waals surface area contributed by atoms with Crippen molar-refractivity contribution in [2.24, 2.45) is 0 Å². The van der Waals surface area contributed by atoms with Crippen LogP contribution in [-0.2, 0) is 12.8 Å². The van der Waals surface area contributed by atoms with Crippen molar-refractivity contribution >= 4 is 11.5 Å². The van der Waals surface area contributed by atoms with E-state index in [1.807, 2.05) is 6.07 Å². The molecule has 2 aromatic rings. The van der Waals surface area contributed by atoms with Crippen LogP contribution in [0.1, 0.15) is 27.9 Å². The standard InChI is InChI=1S/C22H25N3O3/c26-22-20-16-19(25(27)28)8-6-18(20)7-9-21(22)24-14-12-23(13-15-24)11-10-17-4-2-1-3-5-17/h1-6,8,16,21H,7,9-15H2. The number of fused-ring (bicyclic) bond motifs is 1. The number of nitro groups is 1. The lowest BCUT2D eigenvalue weighted by Crippen LogP contribution is -2.53. The summed E-state index contributed by atoms with van der Waals surface area (Å²) < 4.78 is 0. The van der Waals surface area contributed by atoms with Crippen molar-refractivity contribution in [2.45, 2.75) is 25.3 Å². The zero-order valence-electron chi connectivity index (χ0n) is 15.9. The minimum Gasteiger partial charge on any atom is -0.300 e. The molecule has 4 rings (SSSR count). The number of carbonyl (C=O) groups excluding carboxylic acids is 1. The second-order valence-electron chi connectivity index (χ2n) is 7.63. The topological polar surface area (TPSA) is 66.7 Å². The molecule has 1 saturated heterocycles. The van der Waals surface area contributed by atoms with Crippen LogP contribution >= 0.6 is 0 Å². The van der Waals surface area contributed by atoms with Crippen LogP contribution < -0.4 is 0 Å². The Balaban J connectivity index is 1.35. The van der Waals surface area contributed by atoms with Crippen molar-refractivity contribution in [1.29, 1.82) is 0 Å². The third kappa shape index (κ3) is 3.98. The van der Waals surface area contributed by atoms with Crippen molar-refractivity contribution in [1.82, 2.24) is 9.80 Å². The van der Waals surface area contributed by atoms with Gasteiger partial charge < -0.3 is 4.90 Å². The van der Waals surface area contributed by atoms with Gasteiger partial charge in [0.15, 0.2) is 5.78 Å². The monoisotopic (exact) mass is 379 g/mol. The SMILES string of the molecule is O=C1c2cc([N+](=O)[O-])ccc2CCC1N1CCN(CCc2ccccc2)CC1. The summed E-state index contributed by atoms with van der Waals surface area (Å²) >= 11 is 0. The van der Waals surface area contributed by atoms with Gasteiger partial charge in [0.1, 0.15) is 0 Å². The Morgan fingerprint density at radius 2 is 1.79 bits per heavy atom. The number of nitrogens with zero attached hydrogens (tertiary/aromatic N) is 3. The fraction of sp³-hybridized carbons (Fsp3) is 0.409. The molecule has 146 valence electrons. The van der Waals surface area contributed by atoms with Crippen LogP contribution in [0.2, 0.25) is 0 Å². The fourth-order valence-electron chi connectivity index (χ4n) is 4.31. The molecule has 0 bridgehead atoms. The second kappa shape index (κ2) is 8.20. The van der Waals surface area contributed by atoms with Crippen molar-refractivity contribution in [2.75, 3.05) is 32.7 Å². The lowest BCUT2D eigenvalue weighted by molar-refractivity contribution is -0.384. The molecule has 0 amide bonds. The van der Waals surface area contributed by atoms with Crippen molar-refractivity contribution in [3.63, 3.8) is 0 Å². The van der Waals surface area contributed by atoms with E-state index in [1.165, 1.54) is 17.7 Å². The molecule has 6 nitrogen and oxygen atoms in total. The summed E-state index contributed by atoms with van der Waals surface area (Å²) in [7, 11) is 0. The van der Waals surface area contributed by atoms with Gasteiger partial charge in [0, 0.05) is 50.4 Å². The molecule has 1 aliphatic carbocycles. The minimum atomic E-state index is -0.428. The van der Waals surface area contributed by atoms with E-state index in [2.05, 4.69) is 34.1 Å². The van der Waals surface area contributed by atoms with E-state index < -0.39 is 4.92 Å². The van der Waals surface area contributed by atoms with Gasteiger partial charge in [0.05, 0.1) is 11.0 Å². The van der Waals surface area contributed by atoms with Crippen molar-refractivity contribution < 1.29 is 9.72 Å². The predicted molar refractivity (Wildman–Crippen MR) is 108 cm³/mol. The Bertz CT molecular complexity index is 861. The van der Waals surface area contributed by atoms with Crippen LogP contribution in [0.3, 0.4) is 0 Å². The average Bonchev–Trinajstić information content (AvgIpc) is 2.73. The summed E-state index contributed by atoms with van der Waals surface area (Å²) in [6.45, 7) is 4.69. The number of ketones is 1. The molecule has 28 heavy (non-hydrogen) atoms. The number of nitro benzene ring substituents is 1. The highest BCUT2D eigenvalue weighted by Gasteiger charge is 2.34. The van der Waals surface area contributed by atoms with Gasteiger partial charge in [-0.25, -0.2) is 0 Å². The van der Waals surface area contributed by atoms with E-state index in [0.717, 1.165) is 57.5 Å². The molecule has 2 aliphatic rings. The van der Waals surface area contributed by atoms with Gasteiger partial charge in [-0.15, -0.1) is 0 Å². The van der Waals surface area contributed by atoms with Gasteiger partial charge in [0.25, 0.3) is 5.69 Å². The predicted octanol–water partition coefficient (Wildman–Crippen LogP) is 2.95. The number of rotatable bonds is 5. The third-order valence-corrected chi connectivity index (χ3v) is 5.97. The van der Waals surface area contributed by atoms with E-state index in [-0.39, 0.29) is 17.5 Å². The number of Topliss-reactive ketones (excluding diaryl/α,β-unsaturated/α-hetero) is 1. The molecule has 2 aromatic carbocycles. The maximum atomic E-state index is 13.0. The van der Waals surface area contributed by atoms with Crippen molar-refractivity contribution in [3.05, 3.63) is 75.3 Å². The Kier molecular flexibility index (Phi) is 5.50. The van der Waals surface area contributed by atoms with Crippen LogP contribution in [0.15, 0.2) is 48.5 Å². The number of benzene rings is 2. The van der Waals surface area contributed by atoms with E-state index in [4.69, 9.17) is 0 Å². The van der Waals surface area contributed by atoms with Crippen LogP contribution in [0.25, 0.3) is 0 Å². The van der Waals surface area contributed by atoms with Gasteiger partial charge in [-0.05, 0) is 30.4 Å². The number of hydrogen-bond acceptors (Lipinski definition) is 5. The first-order chi connectivity index (χ1) is 13.6. The number of non-ortho nitro benzene ring substituents is 1. The van der Waals surface area contributed by atoms with Crippen LogP contribution in [0, 0.1) is 10.1 Å². The van der Waals surface area contributed by atoms with Crippen LogP contribution in [0.5, 0.6) is 0 Å². The molecule has 0 saturated carbocycles. The van der Waals surface area contributed by atoms with E-state index in [9.17, 15) is 14.9 Å². The molecule has 0 spiro atoms. The highest BCUT2D eigenvalue weighted by atomic mass is 16.6. The lowest BCUT2D eigenvalue weighted by atomic mass is 9.85. The number of hydrogen-bond donors (Lipinski definition) is 0. The fourth-order valence-corrected chi connectivity index (χ4v) is 4.31. The quantitative estimate of drug-likeness (QED) is 0.590.